The number of hydrogen-bond acceptors (Lipinski definition) is 30. The summed E-state index contributed by atoms with van der Waals surface area (Å²) in [6.45, 7) is -7.58. The van der Waals surface area contributed by atoms with E-state index in [1.807, 2.05) is 0 Å². The molecule has 60 heavy (non-hydrogen) atoms. The van der Waals surface area contributed by atoms with Crippen molar-refractivity contribution in [3.8, 4) is 0 Å². The quantitative estimate of drug-likeness (QED) is 0.0607. The Bertz CT molecular complexity index is 1080. The minimum absolute atomic E-state index is 0.324. The van der Waals surface area contributed by atoms with Crippen LogP contribution < -0.4 is 0 Å². The number of rotatable bonds is 18. The van der Waals surface area contributed by atoms with E-state index in [1.165, 1.54) is 0 Å². The molecule has 0 aliphatic carbocycles. The maximum absolute atomic E-state index is 10.5. The van der Waals surface area contributed by atoms with Crippen molar-refractivity contribution in [1.29, 1.82) is 0 Å². The number of ketones is 3. The summed E-state index contributed by atoms with van der Waals surface area (Å²) in [5, 5.41) is 219. The highest BCUT2D eigenvalue weighted by Gasteiger charge is 2.53. The number of carbonyl (C=O) groups is 3. The Labute approximate surface area is 338 Å². The molecule has 2 saturated heterocycles. The third-order valence-electron chi connectivity index (χ3n) is 8.01. The average molecular weight is 901 g/mol. The van der Waals surface area contributed by atoms with Crippen LogP contribution in [0.25, 0.3) is 0 Å². The van der Waals surface area contributed by atoms with Gasteiger partial charge in [0.1, 0.15) is 111 Å². The summed E-state index contributed by atoms with van der Waals surface area (Å²) < 4.78 is 9.18. The number of carbonyl (C=O) groups excluding carboxylic acids is 3. The van der Waals surface area contributed by atoms with Crippen molar-refractivity contribution in [1.82, 2.24) is 0 Å². The Morgan fingerprint density at radius 2 is 0.800 bits per heavy atom. The molecule has 2 aliphatic rings. The molecule has 30 heteroatoms. The summed E-state index contributed by atoms with van der Waals surface area (Å²) in [4.78, 5) is 31.6. The molecule has 0 radical (unpaired) electrons. The van der Waals surface area contributed by atoms with Gasteiger partial charge in [-0.2, -0.15) is 0 Å². The summed E-state index contributed by atoms with van der Waals surface area (Å²) in [7, 11) is 0. The van der Waals surface area contributed by atoms with Gasteiger partial charge in [-0.15, -0.1) is 0 Å². The molecule has 25 N–H and O–H groups in total. The standard InChI is InChI=1S/5C6H12O6/c7-2-6(11)5(10)4(9)3(8)1-12-6;7-1-3-4(9)5(10)6(11,2-8)12-3;3*7-1-3(9)5(11)6(12)4(10)2-8/h2*3-5,7-11H,1-2H2;3*3,5-9,11-12H,1-2H2/t;;2*3-,5+,6?;/m..11./s1. The van der Waals surface area contributed by atoms with Gasteiger partial charge in [-0.1, -0.05) is 0 Å². The summed E-state index contributed by atoms with van der Waals surface area (Å²) in [6, 6.07) is 0. The fourth-order valence-corrected chi connectivity index (χ4v) is 3.99. The van der Waals surface area contributed by atoms with Crippen LogP contribution >= 0.6 is 0 Å². The molecule has 360 valence electrons. The van der Waals surface area contributed by atoms with Crippen molar-refractivity contribution >= 4 is 17.3 Å². The van der Waals surface area contributed by atoms with Crippen molar-refractivity contribution in [2.24, 2.45) is 0 Å². The summed E-state index contributed by atoms with van der Waals surface area (Å²) in [5.41, 5.74) is 0. The maximum Gasteiger partial charge on any atom is 0.219 e. The highest BCUT2D eigenvalue weighted by Crippen LogP contribution is 2.28. The molecule has 17 atom stereocenters. The van der Waals surface area contributed by atoms with Gasteiger partial charge < -0.3 is 137 Å². The summed E-state index contributed by atoms with van der Waals surface area (Å²) >= 11 is 0. The lowest BCUT2D eigenvalue weighted by molar-refractivity contribution is -0.331. The topological polar surface area (TPSA) is 575 Å². The second kappa shape index (κ2) is 30.9. The monoisotopic (exact) mass is 900 g/mol. The Morgan fingerprint density at radius 3 is 1.02 bits per heavy atom. The van der Waals surface area contributed by atoms with Crippen LogP contribution in [-0.2, 0) is 23.9 Å². The molecule has 2 heterocycles. The lowest BCUT2D eigenvalue weighted by Crippen LogP contribution is -2.62. The van der Waals surface area contributed by atoms with Crippen molar-refractivity contribution in [2.45, 2.75) is 103 Å². The number of aliphatic hydroxyl groups excluding tert-OH is 23. The SMILES string of the molecule is O=C(CO)C(O)C(O)C(O)CO.O=C(CO)C(O)[C@@H](O)[C@H](O)CO.O=C(CO)C(O)[C@@H](O)[C@H](O)CO.OCC1(O)OCC(O)C(O)C1O.OCC1OC(O)(CO)C(O)C1O. The van der Waals surface area contributed by atoms with Crippen molar-refractivity contribution in [2.75, 3.05) is 66.1 Å². The van der Waals surface area contributed by atoms with Gasteiger partial charge in [-0.25, -0.2) is 0 Å². The first-order chi connectivity index (χ1) is 27.7. The fourth-order valence-electron chi connectivity index (χ4n) is 3.99. The van der Waals surface area contributed by atoms with E-state index in [0.29, 0.717) is 0 Å². The Morgan fingerprint density at radius 1 is 0.500 bits per heavy atom. The van der Waals surface area contributed by atoms with Crippen molar-refractivity contribution in [3.63, 3.8) is 0 Å². The zero-order valence-electron chi connectivity index (χ0n) is 31.5. The van der Waals surface area contributed by atoms with Gasteiger partial charge in [-0.3, -0.25) is 14.4 Å². The van der Waals surface area contributed by atoms with Gasteiger partial charge in [0.25, 0.3) is 0 Å². The number of ether oxygens (including phenoxy) is 2. The molecule has 30 nitrogen and oxygen atoms in total. The second-order valence-electron chi connectivity index (χ2n) is 12.5. The molecule has 2 fully saturated rings. The lowest BCUT2D eigenvalue weighted by atomic mass is 9.98. The summed E-state index contributed by atoms with van der Waals surface area (Å²) in [6.07, 6.45) is -24.1. The van der Waals surface area contributed by atoms with Gasteiger partial charge in [0.05, 0.1) is 46.2 Å². The zero-order valence-corrected chi connectivity index (χ0v) is 31.5. The third kappa shape index (κ3) is 19.5. The van der Waals surface area contributed by atoms with E-state index in [1.54, 1.807) is 0 Å². The Balaban J connectivity index is -0.000000677. The molecule has 0 aromatic rings. The first-order valence-electron chi connectivity index (χ1n) is 17.0. The molecule has 2 rings (SSSR count). The second-order valence-corrected chi connectivity index (χ2v) is 12.5. The predicted molar refractivity (Wildman–Crippen MR) is 184 cm³/mol. The Kier molecular flexibility index (Phi) is 32.0. The molecule has 0 spiro atoms. The van der Waals surface area contributed by atoms with Crippen LogP contribution in [0.5, 0.6) is 0 Å². The first kappa shape index (κ1) is 62.2. The van der Waals surface area contributed by atoms with Crippen LogP contribution in [0, 0.1) is 0 Å². The van der Waals surface area contributed by atoms with Crippen LogP contribution in [0.15, 0.2) is 0 Å². The van der Waals surface area contributed by atoms with E-state index >= 15 is 0 Å². The van der Waals surface area contributed by atoms with Gasteiger partial charge in [0.2, 0.25) is 11.6 Å². The summed E-state index contributed by atoms with van der Waals surface area (Å²) in [5.74, 6) is -7.34. The molecule has 0 bridgehead atoms. The number of Topliss-reactive ketones (excluding diaryl/α,β-unsaturated/α-hetero) is 3. The van der Waals surface area contributed by atoms with Gasteiger partial charge in [0, 0.05) is 0 Å². The highest BCUT2D eigenvalue weighted by molar-refractivity contribution is 5.85. The lowest BCUT2D eigenvalue weighted by Gasteiger charge is -2.40. The van der Waals surface area contributed by atoms with E-state index in [0.717, 1.165) is 0 Å². The number of hydrogen-bond donors (Lipinski definition) is 25. The van der Waals surface area contributed by atoms with Crippen LogP contribution in [0.2, 0.25) is 0 Å². The highest BCUT2D eigenvalue weighted by atomic mass is 16.7. The van der Waals surface area contributed by atoms with E-state index in [-0.39, 0.29) is 6.61 Å². The van der Waals surface area contributed by atoms with Crippen molar-refractivity contribution in [3.05, 3.63) is 0 Å². The molecule has 13 unspecified atom stereocenters. The van der Waals surface area contributed by atoms with Crippen molar-refractivity contribution < 1.29 is 152 Å². The molecule has 2 aliphatic heterocycles. The smallest absolute Gasteiger partial charge is 0.219 e. The van der Waals surface area contributed by atoms with Crippen LogP contribution in [0.1, 0.15) is 0 Å². The molecular formula is C30H60O30. The molecule has 0 saturated carbocycles. The molecular weight excluding hydrogens is 840 g/mol. The van der Waals surface area contributed by atoms with Gasteiger partial charge in [0.15, 0.2) is 17.3 Å². The van der Waals surface area contributed by atoms with Crippen LogP contribution in [0.4, 0.5) is 0 Å². The van der Waals surface area contributed by atoms with E-state index in [4.69, 9.17) is 117 Å². The maximum atomic E-state index is 10.5. The average Bonchev–Trinajstić information content (AvgIpc) is 3.50. The third-order valence-corrected chi connectivity index (χ3v) is 8.01. The normalized spacial score (nSPS) is 30.6. The van der Waals surface area contributed by atoms with E-state index in [9.17, 15) is 24.6 Å². The van der Waals surface area contributed by atoms with E-state index in [2.05, 4.69) is 9.47 Å². The first-order valence-corrected chi connectivity index (χ1v) is 17.0. The minimum Gasteiger partial charge on any atom is -0.394 e. The zero-order chi connectivity index (χ0) is 47.9. The predicted octanol–water partition coefficient (Wildman–Crippen LogP) is -16.6. The molecule has 0 aromatic carbocycles. The van der Waals surface area contributed by atoms with Crippen LogP contribution in [-0.4, -0.2) is 314 Å². The molecule has 0 aromatic heterocycles. The van der Waals surface area contributed by atoms with E-state index < -0.39 is 180 Å². The van der Waals surface area contributed by atoms with Crippen LogP contribution in [0.3, 0.4) is 0 Å². The minimum atomic E-state index is -2.17. The largest absolute Gasteiger partial charge is 0.394 e. The number of aliphatic hydroxyl groups is 25. The Hall–Kier alpha value is -2.07. The van der Waals surface area contributed by atoms with Gasteiger partial charge >= 0.3 is 0 Å². The van der Waals surface area contributed by atoms with Gasteiger partial charge in [-0.05, 0) is 0 Å². The fraction of sp³-hybridized carbons (Fsp3) is 0.900. The molecule has 0 amide bonds.